The fourth-order valence-corrected chi connectivity index (χ4v) is 2.07. The molecule has 7 nitrogen and oxygen atoms in total. The van der Waals surface area contributed by atoms with Crippen LogP contribution >= 0.6 is 0 Å². The number of aryl methyl sites for hydroxylation is 1. The minimum atomic E-state index is -0.465. The molecule has 0 heterocycles. The summed E-state index contributed by atoms with van der Waals surface area (Å²) < 4.78 is 0. The number of carbonyl (C=O) groups excluding carboxylic acids is 1. The summed E-state index contributed by atoms with van der Waals surface area (Å²) in [6, 6.07) is 14.0. The van der Waals surface area contributed by atoms with Crippen LogP contribution in [0.1, 0.15) is 24.0 Å². The van der Waals surface area contributed by atoms with Crippen LogP contribution in [0.15, 0.2) is 53.6 Å². The monoisotopic (exact) mass is 340 g/mol. The van der Waals surface area contributed by atoms with Gasteiger partial charge in [-0.25, -0.2) is 5.43 Å². The average molecular weight is 340 g/mol. The molecule has 2 N–H and O–H groups in total. The number of nitro benzene ring substituents is 1. The lowest BCUT2D eigenvalue weighted by Crippen LogP contribution is -2.18. The SMILES string of the molecule is Cc1ccc(NCCCC(=O)N/N=C/c2ccc([N+](=O)[O-])cc2)cc1. The number of hydrazone groups is 1. The van der Waals surface area contributed by atoms with Crippen LogP contribution < -0.4 is 10.7 Å². The Hall–Kier alpha value is -3.22. The van der Waals surface area contributed by atoms with Gasteiger partial charge in [0.25, 0.3) is 5.69 Å². The largest absolute Gasteiger partial charge is 0.385 e. The average Bonchev–Trinajstić information content (AvgIpc) is 2.61. The lowest BCUT2D eigenvalue weighted by molar-refractivity contribution is -0.384. The minimum absolute atomic E-state index is 0.0160. The molecule has 0 radical (unpaired) electrons. The maximum Gasteiger partial charge on any atom is 0.269 e. The minimum Gasteiger partial charge on any atom is -0.385 e. The second kappa shape index (κ2) is 9.17. The van der Waals surface area contributed by atoms with Crippen LogP contribution in [0.5, 0.6) is 0 Å². The van der Waals surface area contributed by atoms with Crippen LogP contribution in [0.4, 0.5) is 11.4 Å². The highest BCUT2D eigenvalue weighted by atomic mass is 16.6. The first-order valence-corrected chi connectivity index (χ1v) is 7.91. The molecule has 1 amide bonds. The number of nitrogens with zero attached hydrogens (tertiary/aromatic N) is 2. The highest BCUT2D eigenvalue weighted by Crippen LogP contribution is 2.10. The van der Waals surface area contributed by atoms with Gasteiger partial charge in [-0.3, -0.25) is 14.9 Å². The van der Waals surface area contributed by atoms with E-state index in [-0.39, 0.29) is 11.6 Å². The molecule has 0 spiro atoms. The van der Waals surface area contributed by atoms with Crippen molar-refractivity contribution in [3.05, 3.63) is 69.8 Å². The Bertz CT molecular complexity index is 740. The van der Waals surface area contributed by atoms with Crippen LogP contribution in [0.2, 0.25) is 0 Å². The van der Waals surface area contributed by atoms with Crippen LogP contribution in [-0.2, 0) is 4.79 Å². The van der Waals surface area contributed by atoms with E-state index < -0.39 is 4.92 Å². The van der Waals surface area contributed by atoms with Crippen LogP contribution in [0.25, 0.3) is 0 Å². The van der Waals surface area contributed by atoms with Gasteiger partial charge in [-0.05, 0) is 43.2 Å². The molecule has 2 aromatic carbocycles. The van der Waals surface area contributed by atoms with E-state index in [4.69, 9.17) is 0 Å². The Kier molecular flexibility index (Phi) is 6.65. The Morgan fingerprint density at radius 1 is 1.16 bits per heavy atom. The van der Waals surface area contributed by atoms with E-state index in [9.17, 15) is 14.9 Å². The summed E-state index contributed by atoms with van der Waals surface area (Å²) in [6.07, 6.45) is 2.50. The summed E-state index contributed by atoms with van der Waals surface area (Å²) >= 11 is 0. The first-order chi connectivity index (χ1) is 12.0. The van der Waals surface area contributed by atoms with E-state index in [1.165, 1.54) is 23.9 Å². The van der Waals surface area contributed by atoms with E-state index in [1.807, 2.05) is 31.2 Å². The number of nitro groups is 1. The zero-order chi connectivity index (χ0) is 18.1. The molecule has 0 saturated carbocycles. The van der Waals surface area contributed by atoms with Gasteiger partial charge in [-0.1, -0.05) is 17.7 Å². The molecule has 0 aromatic heterocycles. The predicted octanol–water partition coefficient (Wildman–Crippen LogP) is 3.25. The number of rotatable bonds is 8. The van der Waals surface area contributed by atoms with Crippen molar-refractivity contribution in [1.82, 2.24) is 5.43 Å². The number of hydrogen-bond acceptors (Lipinski definition) is 5. The van der Waals surface area contributed by atoms with Crippen molar-refractivity contribution in [3.63, 3.8) is 0 Å². The molecule has 0 fully saturated rings. The molecule has 7 heteroatoms. The molecule has 0 aliphatic carbocycles. The van der Waals surface area contributed by atoms with E-state index >= 15 is 0 Å². The number of amides is 1. The summed E-state index contributed by atoms with van der Waals surface area (Å²) in [5.41, 5.74) is 5.37. The molecule has 25 heavy (non-hydrogen) atoms. The second-order valence-electron chi connectivity index (χ2n) is 5.54. The number of anilines is 1. The Morgan fingerprint density at radius 3 is 2.48 bits per heavy atom. The second-order valence-corrected chi connectivity index (χ2v) is 5.54. The van der Waals surface area contributed by atoms with Gasteiger partial charge in [-0.15, -0.1) is 0 Å². The molecule has 0 atom stereocenters. The van der Waals surface area contributed by atoms with Gasteiger partial charge in [0.2, 0.25) is 5.91 Å². The third-order valence-electron chi connectivity index (χ3n) is 3.47. The van der Waals surface area contributed by atoms with Crippen molar-refractivity contribution in [1.29, 1.82) is 0 Å². The summed E-state index contributed by atoms with van der Waals surface area (Å²) in [6.45, 7) is 2.73. The lowest BCUT2D eigenvalue weighted by Gasteiger charge is -2.06. The summed E-state index contributed by atoms with van der Waals surface area (Å²) in [7, 11) is 0. The smallest absolute Gasteiger partial charge is 0.269 e. The van der Waals surface area contributed by atoms with Gasteiger partial charge < -0.3 is 5.32 Å². The van der Waals surface area contributed by atoms with E-state index in [0.29, 0.717) is 24.9 Å². The van der Waals surface area contributed by atoms with Crippen LogP contribution in [0.3, 0.4) is 0 Å². The van der Waals surface area contributed by atoms with Crippen LogP contribution in [0, 0.1) is 17.0 Å². The topological polar surface area (TPSA) is 96.6 Å². The quantitative estimate of drug-likeness (QED) is 0.334. The van der Waals surface area contributed by atoms with E-state index in [0.717, 1.165) is 5.69 Å². The first kappa shape index (κ1) is 18.1. The standard InChI is InChI=1S/C18H20N4O3/c1-14-4-8-16(9-5-14)19-12-2-3-18(23)21-20-13-15-6-10-17(11-7-15)22(24)25/h4-11,13,19H,2-3,12H2,1H3,(H,21,23)/b20-13+. The maximum atomic E-state index is 11.7. The maximum absolute atomic E-state index is 11.7. The Labute approximate surface area is 145 Å². The normalized spacial score (nSPS) is 10.6. The van der Waals surface area contributed by atoms with Crippen molar-refractivity contribution in [2.75, 3.05) is 11.9 Å². The molecule has 0 bridgehead atoms. The number of hydrogen-bond donors (Lipinski definition) is 2. The van der Waals surface area contributed by atoms with Crippen molar-refractivity contribution < 1.29 is 9.72 Å². The third-order valence-corrected chi connectivity index (χ3v) is 3.47. The Morgan fingerprint density at radius 2 is 1.84 bits per heavy atom. The zero-order valence-corrected chi connectivity index (χ0v) is 13.9. The van der Waals surface area contributed by atoms with E-state index in [2.05, 4.69) is 15.8 Å². The molecular weight excluding hydrogens is 320 g/mol. The highest BCUT2D eigenvalue weighted by Gasteiger charge is 2.03. The third kappa shape index (κ3) is 6.42. The van der Waals surface area contributed by atoms with Gasteiger partial charge in [-0.2, -0.15) is 5.10 Å². The molecule has 0 saturated heterocycles. The molecule has 0 aliphatic rings. The molecular formula is C18H20N4O3. The van der Waals surface area contributed by atoms with Gasteiger partial charge in [0.15, 0.2) is 0 Å². The van der Waals surface area contributed by atoms with Crippen molar-refractivity contribution in [2.45, 2.75) is 19.8 Å². The number of carbonyl (C=O) groups is 1. The molecule has 0 unspecified atom stereocenters. The molecule has 2 rings (SSSR count). The van der Waals surface area contributed by atoms with Gasteiger partial charge >= 0.3 is 0 Å². The van der Waals surface area contributed by atoms with E-state index in [1.54, 1.807) is 12.1 Å². The number of benzene rings is 2. The van der Waals surface area contributed by atoms with Crippen molar-refractivity contribution in [2.24, 2.45) is 5.10 Å². The van der Waals surface area contributed by atoms with Crippen molar-refractivity contribution in [3.8, 4) is 0 Å². The molecule has 2 aromatic rings. The predicted molar refractivity (Wildman–Crippen MR) is 97.7 cm³/mol. The lowest BCUT2D eigenvalue weighted by atomic mass is 10.2. The molecule has 130 valence electrons. The highest BCUT2D eigenvalue weighted by molar-refractivity contribution is 5.82. The first-order valence-electron chi connectivity index (χ1n) is 7.91. The summed E-state index contributed by atoms with van der Waals surface area (Å²) in [4.78, 5) is 21.8. The molecule has 0 aliphatic heterocycles. The fraction of sp³-hybridized carbons (Fsp3) is 0.222. The Balaban J connectivity index is 1.66. The van der Waals surface area contributed by atoms with Gasteiger partial charge in [0.05, 0.1) is 11.1 Å². The number of non-ortho nitro benzene ring substituents is 1. The zero-order valence-electron chi connectivity index (χ0n) is 13.9. The number of nitrogens with one attached hydrogen (secondary N) is 2. The summed E-state index contributed by atoms with van der Waals surface area (Å²) in [5, 5.41) is 17.7. The summed E-state index contributed by atoms with van der Waals surface area (Å²) in [5.74, 6) is -0.177. The van der Waals surface area contributed by atoms with Crippen LogP contribution in [-0.4, -0.2) is 23.6 Å². The van der Waals surface area contributed by atoms with Gasteiger partial charge in [0.1, 0.15) is 0 Å². The van der Waals surface area contributed by atoms with Gasteiger partial charge in [0, 0.05) is 30.8 Å². The fourth-order valence-electron chi connectivity index (χ4n) is 2.07. The van der Waals surface area contributed by atoms with Crippen molar-refractivity contribution >= 4 is 23.5 Å².